The number of allylic oxidation sites excluding steroid dienone is 7. The Morgan fingerprint density at radius 2 is 1.32 bits per heavy atom. The van der Waals surface area contributed by atoms with Crippen LogP contribution in [0.1, 0.15) is 0 Å². The quantitative estimate of drug-likeness (QED) is 0.397. The lowest BCUT2D eigenvalue weighted by molar-refractivity contribution is -0.00603. The fourth-order valence-corrected chi connectivity index (χ4v) is 6.66. The van der Waals surface area contributed by atoms with Crippen molar-refractivity contribution in [3.05, 3.63) is 46.6 Å². The Hall–Kier alpha value is 1.49. The van der Waals surface area contributed by atoms with Gasteiger partial charge in [0, 0.05) is 10.6 Å². The van der Waals surface area contributed by atoms with Crippen molar-refractivity contribution in [2.24, 2.45) is 0 Å². The monoisotopic (exact) mass is 522 g/mol. The fourth-order valence-electron chi connectivity index (χ4n) is 3.16. The standard InChI is InChI=1S/C14H7Cl9O2/c15-8-3-1-2-6-4-5-7-10(17,9(6,8)16)14(23,25)13(21,22)12(19,20)11(7,18)24/h1-5,24-25H. The third kappa shape index (κ3) is 2.12. The molecule has 0 radical (unpaired) electrons. The molecule has 1 fully saturated rings. The fraction of sp³-hybridized carbons (Fsp3) is 0.429. The van der Waals surface area contributed by atoms with Crippen molar-refractivity contribution in [3.63, 3.8) is 0 Å². The Kier molecular flexibility index (Phi) is 4.89. The van der Waals surface area contributed by atoms with E-state index >= 15 is 0 Å². The van der Waals surface area contributed by atoms with E-state index < -0.39 is 28.5 Å². The van der Waals surface area contributed by atoms with E-state index in [2.05, 4.69) is 0 Å². The summed E-state index contributed by atoms with van der Waals surface area (Å²) in [4.78, 5) is -4.19. The lowest BCUT2D eigenvalue weighted by Crippen LogP contribution is -2.80. The average molecular weight is 526 g/mol. The van der Waals surface area contributed by atoms with Gasteiger partial charge in [0.2, 0.25) is 9.39 Å². The molecule has 0 aromatic heterocycles. The first kappa shape index (κ1) is 21.2. The molecule has 2 nitrogen and oxygen atoms in total. The summed E-state index contributed by atoms with van der Waals surface area (Å²) in [6.07, 6.45) is 7.40. The summed E-state index contributed by atoms with van der Waals surface area (Å²) in [5.74, 6) is 0. The predicted molar refractivity (Wildman–Crippen MR) is 107 cm³/mol. The number of fused-ring (bicyclic) bond motifs is 3. The minimum atomic E-state index is -2.82. The van der Waals surface area contributed by atoms with Gasteiger partial charge in [-0.15, -0.1) is 23.2 Å². The van der Waals surface area contributed by atoms with Crippen molar-refractivity contribution in [3.8, 4) is 0 Å². The van der Waals surface area contributed by atoms with Crippen LogP contribution in [0.25, 0.3) is 0 Å². The summed E-state index contributed by atoms with van der Waals surface area (Å²) in [5, 5.41) is 16.5. The molecule has 0 saturated heterocycles. The smallest absolute Gasteiger partial charge is 0.201 e. The minimum Gasteiger partial charge on any atom is -0.370 e. The van der Waals surface area contributed by atoms with Crippen LogP contribution in [0.2, 0.25) is 0 Å². The second-order valence-electron chi connectivity index (χ2n) is 5.79. The Labute approximate surface area is 188 Å². The molecule has 2 N–H and O–H groups in total. The van der Waals surface area contributed by atoms with E-state index in [-0.39, 0.29) is 10.6 Å². The molecule has 3 aliphatic rings. The molecule has 3 aliphatic carbocycles. The molecule has 0 aromatic rings. The van der Waals surface area contributed by atoms with E-state index in [1.165, 1.54) is 18.2 Å². The largest absolute Gasteiger partial charge is 0.370 e. The van der Waals surface area contributed by atoms with E-state index in [1.807, 2.05) is 0 Å². The number of hydrogen-bond donors (Lipinski definition) is 2. The number of aliphatic hydroxyl groups is 2. The molecule has 11 heteroatoms. The van der Waals surface area contributed by atoms with Crippen LogP contribution in [0.4, 0.5) is 0 Å². The van der Waals surface area contributed by atoms with Gasteiger partial charge >= 0.3 is 0 Å². The molecule has 4 unspecified atom stereocenters. The summed E-state index contributed by atoms with van der Waals surface area (Å²) in [7, 11) is 0. The molecule has 0 aromatic carbocycles. The second kappa shape index (κ2) is 5.77. The number of rotatable bonds is 0. The van der Waals surface area contributed by atoms with Gasteiger partial charge in [-0.3, -0.25) is 0 Å². The van der Waals surface area contributed by atoms with Crippen molar-refractivity contribution in [1.82, 2.24) is 0 Å². The van der Waals surface area contributed by atoms with Crippen LogP contribution in [0.5, 0.6) is 0 Å². The van der Waals surface area contributed by atoms with E-state index in [1.54, 1.807) is 12.2 Å². The molecular formula is C14H7Cl9O2. The number of halogens is 9. The molecule has 1 saturated carbocycles. The maximum absolute atomic E-state index is 11.1. The van der Waals surface area contributed by atoms with Crippen molar-refractivity contribution < 1.29 is 10.2 Å². The zero-order valence-electron chi connectivity index (χ0n) is 11.7. The highest BCUT2D eigenvalue weighted by atomic mass is 35.5. The molecule has 0 bridgehead atoms. The van der Waals surface area contributed by atoms with Gasteiger partial charge in [-0.1, -0.05) is 106 Å². The Morgan fingerprint density at radius 1 is 0.760 bits per heavy atom. The molecule has 4 atom stereocenters. The van der Waals surface area contributed by atoms with E-state index in [0.717, 1.165) is 0 Å². The maximum atomic E-state index is 11.1. The Morgan fingerprint density at radius 3 is 1.88 bits per heavy atom. The van der Waals surface area contributed by atoms with E-state index in [4.69, 9.17) is 104 Å². The summed E-state index contributed by atoms with van der Waals surface area (Å²) >= 11 is 57.0. The molecule has 0 heterocycles. The van der Waals surface area contributed by atoms with Crippen LogP contribution in [-0.2, 0) is 0 Å². The van der Waals surface area contributed by atoms with Crippen molar-refractivity contribution in [1.29, 1.82) is 0 Å². The SMILES string of the molecule is OC1(Cl)C2=CC=C3C=CC=C(Cl)C3(Cl)C2(Cl)C(O)(Cl)C(Cl)(Cl)C1(Cl)Cl. The van der Waals surface area contributed by atoms with Gasteiger partial charge in [-0.25, -0.2) is 0 Å². The lowest BCUT2D eigenvalue weighted by atomic mass is 9.64. The molecule has 25 heavy (non-hydrogen) atoms. The number of hydrogen-bond acceptors (Lipinski definition) is 2. The zero-order valence-corrected chi connectivity index (χ0v) is 18.5. The molecule has 3 rings (SSSR count). The average Bonchev–Trinajstić information content (AvgIpc) is 2.48. The van der Waals surface area contributed by atoms with Gasteiger partial charge < -0.3 is 10.2 Å². The first-order valence-electron chi connectivity index (χ1n) is 6.55. The summed E-state index contributed by atoms with van der Waals surface area (Å²) in [5.41, 5.74) is 0.0381. The molecule has 0 aliphatic heterocycles. The summed E-state index contributed by atoms with van der Waals surface area (Å²) < 4.78 is -5.26. The van der Waals surface area contributed by atoms with E-state index in [0.29, 0.717) is 5.57 Å². The first-order chi connectivity index (χ1) is 11.1. The van der Waals surface area contributed by atoms with Crippen LogP contribution in [0.3, 0.4) is 0 Å². The van der Waals surface area contributed by atoms with Crippen LogP contribution in [0.15, 0.2) is 46.6 Å². The van der Waals surface area contributed by atoms with E-state index in [9.17, 15) is 10.2 Å². The third-order valence-corrected chi connectivity index (χ3v) is 10.8. The van der Waals surface area contributed by atoms with Gasteiger partial charge in [-0.2, -0.15) is 0 Å². The van der Waals surface area contributed by atoms with Crippen LogP contribution in [-0.4, -0.2) is 38.7 Å². The summed E-state index contributed by atoms with van der Waals surface area (Å²) in [6, 6.07) is 0. The van der Waals surface area contributed by atoms with Gasteiger partial charge in [0.25, 0.3) is 0 Å². The van der Waals surface area contributed by atoms with Crippen LogP contribution >= 0.6 is 104 Å². The lowest BCUT2D eigenvalue weighted by Gasteiger charge is -2.64. The van der Waals surface area contributed by atoms with Crippen molar-refractivity contribution in [2.75, 3.05) is 0 Å². The molecule has 0 spiro atoms. The van der Waals surface area contributed by atoms with Crippen molar-refractivity contribution >= 4 is 104 Å². The van der Waals surface area contributed by atoms with Crippen molar-refractivity contribution in [2.45, 2.75) is 28.5 Å². The highest BCUT2D eigenvalue weighted by Gasteiger charge is 2.86. The normalized spacial score (nSPS) is 47.2. The second-order valence-corrected chi connectivity index (χ2v) is 11.1. The topological polar surface area (TPSA) is 40.5 Å². The zero-order chi connectivity index (χ0) is 19.3. The molecular weight excluding hydrogens is 519 g/mol. The molecule has 0 amide bonds. The predicted octanol–water partition coefficient (Wildman–Crippen LogP) is 5.72. The van der Waals surface area contributed by atoms with Crippen LogP contribution in [0, 0.1) is 0 Å². The van der Waals surface area contributed by atoms with Gasteiger partial charge in [0.15, 0.2) is 9.39 Å². The molecule has 138 valence electrons. The highest BCUT2D eigenvalue weighted by molar-refractivity contribution is 6.69. The third-order valence-electron chi connectivity index (χ3n) is 4.56. The highest BCUT2D eigenvalue weighted by Crippen LogP contribution is 2.74. The number of alkyl halides is 8. The first-order valence-corrected chi connectivity index (χ1v) is 9.95. The summed E-state index contributed by atoms with van der Waals surface area (Å²) in [6.45, 7) is 0. The maximum Gasteiger partial charge on any atom is 0.201 e. The Bertz CT molecular complexity index is 777. The Balaban J connectivity index is 2.46. The van der Waals surface area contributed by atoms with Gasteiger partial charge in [0.05, 0.1) is 0 Å². The van der Waals surface area contributed by atoms with Crippen LogP contribution < -0.4 is 0 Å². The van der Waals surface area contributed by atoms with Gasteiger partial charge in [0.1, 0.15) is 9.75 Å². The minimum absolute atomic E-state index is 0.0177. The van der Waals surface area contributed by atoms with Gasteiger partial charge in [-0.05, 0) is 11.6 Å².